The number of nitrogens with one attached hydrogen (secondary N) is 1. The third-order valence-corrected chi connectivity index (χ3v) is 3.38. The first-order valence-corrected chi connectivity index (χ1v) is 7.11. The summed E-state index contributed by atoms with van der Waals surface area (Å²) in [5, 5.41) is 15.1. The molecule has 0 saturated heterocycles. The van der Waals surface area contributed by atoms with Crippen molar-refractivity contribution >= 4 is 17.6 Å². The molecule has 0 aromatic carbocycles. The lowest BCUT2D eigenvalue weighted by Gasteiger charge is -2.22. The van der Waals surface area contributed by atoms with Gasteiger partial charge < -0.3 is 16.3 Å². The smallest absolute Gasteiger partial charge is 0.144 e. The van der Waals surface area contributed by atoms with Crippen LogP contribution in [-0.2, 0) is 0 Å². The van der Waals surface area contributed by atoms with E-state index >= 15 is 0 Å². The zero-order chi connectivity index (χ0) is 12.4. The molecule has 0 rings (SSSR count). The van der Waals surface area contributed by atoms with E-state index in [2.05, 4.69) is 16.7 Å². The molecule has 5 heteroatoms. The topological polar surface area (TPSA) is 70.6 Å². The van der Waals surface area contributed by atoms with E-state index < -0.39 is 0 Å². The van der Waals surface area contributed by atoms with Crippen LogP contribution in [0.2, 0.25) is 0 Å². The second-order valence-corrected chi connectivity index (χ2v) is 5.55. The molecule has 0 atom stereocenters. The molecule has 0 radical (unpaired) electrons. The van der Waals surface area contributed by atoms with Gasteiger partial charge in [-0.2, -0.15) is 11.8 Å². The highest BCUT2D eigenvalue weighted by Crippen LogP contribution is 2.19. The van der Waals surface area contributed by atoms with E-state index in [1.54, 1.807) is 0 Å². The van der Waals surface area contributed by atoms with Gasteiger partial charge >= 0.3 is 0 Å². The first-order chi connectivity index (χ1) is 7.54. The lowest BCUT2D eigenvalue weighted by molar-refractivity contribution is 0.305. The molecule has 0 unspecified atom stereocenters. The highest BCUT2D eigenvalue weighted by atomic mass is 32.2. The van der Waals surface area contributed by atoms with Gasteiger partial charge in [0, 0.05) is 5.41 Å². The molecule has 4 N–H and O–H groups in total. The summed E-state index contributed by atoms with van der Waals surface area (Å²) in [5.41, 5.74) is 5.37. The van der Waals surface area contributed by atoms with E-state index in [1.807, 2.05) is 25.6 Å². The molecule has 0 spiro atoms. The van der Waals surface area contributed by atoms with E-state index in [0.29, 0.717) is 5.84 Å². The van der Waals surface area contributed by atoms with Crippen LogP contribution in [0.25, 0.3) is 0 Å². The average Bonchev–Trinajstić information content (AvgIpc) is 2.26. The first-order valence-electron chi connectivity index (χ1n) is 5.72. The number of hydrogen-bond donors (Lipinski definition) is 3. The largest absolute Gasteiger partial charge is 0.409 e. The van der Waals surface area contributed by atoms with Crippen molar-refractivity contribution in [2.24, 2.45) is 16.3 Å². The summed E-state index contributed by atoms with van der Waals surface area (Å²) in [7, 11) is 0. The molecular weight excluding hydrogens is 222 g/mol. The van der Waals surface area contributed by atoms with Crippen molar-refractivity contribution in [3.05, 3.63) is 0 Å². The molecule has 0 aliphatic carbocycles. The third kappa shape index (κ3) is 6.95. The second-order valence-electron chi connectivity index (χ2n) is 4.57. The third-order valence-electron chi connectivity index (χ3n) is 2.68. The molecule has 16 heavy (non-hydrogen) atoms. The van der Waals surface area contributed by atoms with Crippen LogP contribution in [0.4, 0.5) is 0 Å². The van der Waals surface area contributed by atoms with Crippen LogP contribution in [0.3, 0.4) is 0 Å². The number of thioether (sulfide) groups is 1. The van der Waals surface area contributed by atoms with Crippen molar-refractivity contribution in [2.75, 3.05) is 25.1 Å². The summed E-state index contributed by atoms with van der Waals surface area (Å²) in [4.78, 5) is 0. The predicted octanol–water partition coefficient (Wildman–Crippen LogP) is 1.88. The van der Waals surface area contributed by atoms with E-state index in [9.17, 15) is 0 Å². The second kappa shape index (κ2) is 8.70. The molecular formula is C11H25N3OS. The summed E-state index contributed by atoms with van der Waals surface area (Å²) in [6, 6.07) is 0. The molecule has 0 aromatic rings. The molecule has 0 aliphatic rings. The minimum Gasteiger partial charge on any atom is -0.409 e. The molecule has 0 aromatic heterocycles. The summed E-state index contributed by atoms with van der Waals surface area (Å²) in [6.07, 6.45) is 5.49. The van der Waals surface area contributed by atoms with Crippen molar-refractivity contribution in [1.29, 1.82) is 0 Å². The number of nitrogens with zero attached hydrogens (tertiary/aromatic N) is 1. The predicted molar refractivity (Wildman–Crippen MR) is 72.3 cm³/mol. The van der Waals surface area contributed by atoms with Crippen molar-refractivity contribution in [3.63, 3.8) is 0 Å². The molecule has 0 bridgehead atoms. The molecule has 0 saturated carbocycles. The molecule has 0 aliphatic heterocycles. The first kappa shape index (κ1) is 15.6. The maximum absolute atomic E-state index is 8.61. The Balaban J connectivity index is 3.51. The molecule has 0 amide bonds. The van der Waals surface area contributed by atoms with Crippen LogP contribution in [-0.4, -0.2) is 36.1 Å². The van der Waals surface area contributed by atoms with Crippen molar-refractivity contribution in [2.45, 2.75) is 33.1 Å². The number of hydrogen-bond acceptors (Lipinski definition) is 4. The van der Waals surface area contributed by atoms with Crippen LogP contribution in [0, 0.1) is 5.41 Å². The van der Waals surface area contributed by atoms with Crippen LogP contribution in [0.15, 0.2) is 5.16 Å². The van der Waals surface area contributed by atoms with Gasteiger partial charge in [-0.25, -0.2) is 0 Å². The van der Waals surface area contributed by atoms with Gasteiger partial charge in [0.2, 0.25) is 0 Å². The van der Waals surface area contributed by atoms with Gasteiger partial charge in [0.1, 0.15) is 5.84 Å². The Kier molecular flexibility index (Phi) is 8.47. The normalized spacial score (nSPS) is 13.1. The van der Waals surface area contributed by atoms with E-state index in [4.69, 9.17) is 10.9 Å². The van der Waals surface area contributed by atoms with Gasteiger partial charge in [-0.05, 0) is 44.4 Å². The Morgan fingerprint density at radius 1 is 1.38 bits per heavy atom. The van der Waals surface area contributed by atoms with Crippen LogP contribution < -0.4 is 11.1 Å². The van der Waals surface area contributed by atoms with Crippen molar-refractivity contribution in [3.8, 4) is 0 Å². The van der Waals surface area contributed by atoms with Gasteiger partial charge in [-0.15, -0.1) is 0 Å². The fourth-order valence-corrected chi connectivity index (χ4v) is 1.78. The fourth-order valence-electron chi connectivity index (χ4n) is 1.29. The summed E-state index contributed by atoms with van der Waals surface area (Å²) in [6.45, 7) is 5.92. The average molecular weight is 247 g/mol. The number of nitrogens with two attached hydrogens (primary N) is 1. The maximum atomic E-state index is 8.61. The lowest BCUT2D eigenvalue weighted by atomic mass is 9.88. The van der Waals surface area contributed by atoms with E-state index in [0.717, 1.165) is 19.5 Å². The Morgan fingerprint density at radius 3 is 2.62 bits per heavy atom. The van der Waals surface area contributed by atoms with Crippen molar-refractivity contribution in [1.82, 2.24) is 5.32 Å². The monoisotopic (exact) mass is 247 g/mol. The Hall–Kier alpha value is -0.420. The van der Waals surface area contributed by atoms with Gasteiger partial charge in [-0.3, -0.25) is 0 Å². The number of oxime groups is 1. The standard InChI is InChI=1S/C11H25N3OS/c1-11(2,10(12)14-15)6-8-13-7-4-5-9-16-3/h13,15H,4-9H2,1-3H3,(H2,12,14). The Bertz CT molecular complexity index is 207. The number of unbranched alkanes of at least 4 members (excludes halogenated alkanes) is 1. The van der Waals surface area contributed by atoms with Gasteiger partial charge in [0.15, 0.2) is 0 Å². The quantitative estimate of drug-likeness (QED) is 0.191. The fraction of sp³-hybridized carbons (Fsp3) is 0.909. The molecule has 4 nitrogen and oxygen atoms in total. The minimum absolute atomic E-state index is 0.235. The van der Waals surface area contributed by atoms with Crippen LogP contribution in [0.5, 0.6) is 0 Å². The Labute approximate surface area is 103 Å². The zero-order valence-corrected chi connectivity index (χ0v) is 11.4. The number of rotatable bonds is 9. The van der Waals surface area contributed by atoms with Gasteiger partial charge in [0.25, 0.3) is 0 Å². The lowest BCUT2D eigenvalue weighted by Crippen LogP contribution is -2.35. The van der Waals surface area contributed by atoms with Gasteiger partial charge in [-0.1, -0.05) is 19.0 Å². The van der Waals surface area contributed by atoms with Crippen LogP contribution >= 0.6 is 11.8 Å². The molecule has 0 fully saturated rings. The summed E-state index contributed by atoms with van der Waals surface area (Å²) >= 11 is 1.89. The SMILES string of the molecule is CSCCCCNCCC(C)(C)C(N)=NO. The summed E-state index contributed by atoms with van der Waals surface area (Å²) < 4.78 is 0. The molecule has 0 heterocycles. The van der Waals surface area contributed by atoms with Crippen molar-refractivity contribution < 1.29 is 5.21 Å². The number of amidine groups is 1. The van der Waals surface area contributed by atoms with E-state index in [-0.39, 0.29) is 5.41 Å². The highest BCUT2D eigenvalue weighted by Gasteiger charge is 2.22. The zero-order valence-electron chi connectivity index (χ0n) is 10.6. The molecule has 96 valence electrons. The van der Waals surface area contributed by atoms with Gasteiger partial charge in [0.05, 0.1) is 0 Å². The minimum atomic E-state index is -0.235. The summed E-state index contributed by atoms with van der Waals surface area (Å²) in [5.74, 6) is 1.54. The Morgan fingerprint density at radius 2 is 2.06 bits per heavy atom. The maximum Gasteiger partial charge on any atom is 0.144 e. The van der Waals surface area contributed by atoms with E-state index in [1.165, 1.54) is 18.6 Å². The highest BCUT2D eigenvalue weighted by molar-refractivity contribution is 7.98. The van der Waals surface area contributed by atoms with Crippen LogP contribution in [0.1, 0.15) is 33.1 Å².